The molecule has 0 fully saturated rings. The number of nitrogens with one attached hydrogen (secondary N) is 1. The zero-order valence-corrected chi connectivity index (χ0v) is 11.0. The van der Waals surface area contributed by atoms with Crippen molar-refractivity contribution in [2.24, 2.45) is 0 Å². The summed E-state index contributed by atoms with van der Waals surface area (Å²) in [7, 11) is 2.11. The summed E-state index contributed by atoms with van der Waals surface area (Å²) in [5.74, 6) is 0. The Hall–Kier alpha value is -1.79. The van der Waals surface area contributed by atoms with Crippen LogP contribution in [0.1, 0.15) is 24.1 Å². The molecule has 0 aliphatic carbocycles. The van der Waals surface area contributed by atoms with E-state index in [1.807, 2.05) is 0 Å². The number of H-pyrrole nitrogens is 1. The number of para-hydroxylation sites is 1. The first-order chi connectivity index (χ1) is 8.72. The molecule has 18 heavy (non-hydrogen) atoms. The summed E-state index contributed by atoms with van der Waals surface area (Å²) in [6.07, 6.45) is 1.58. The molecule has 2 rings (SSSR count). The molecular formula is C15H19N3. The van der Waals surface area contributed by atoms with Crippen LogP contribution in [0.3, 0.4) is 0 Å². The molecule has 0 atom stereocenters. The van der Waals surface area contributed by atoms with Crippen LogP contribution in [-0.2, 0) is 6.54 Å². The molecule has 1 N–H and O–H groups in total. The Morgan fingerprint density at radius 1 is 1.33 bits per heavy atom. The second-order valence-electron chi connectivity index (χ2n) is 4.77. The standard InChI is InChI=1S/C15H19N3/c1-12-14(11-18(2)10-6-5-9-16)13-7-3-4-8-15(13)17-12/h3-4,7-8,17H,5-6,10-11H2,1-2H3. The number of hydrogen-bond acceptors (Lipinski definition) is 2. The van der Waals surface area contributed by atoms with Crippen molar-refractivity contribution in [3.05, 3.63) is 35.5 Å². The summed E-state index contributed by atoms with van der Waals surface area (Å²) < 4.78 is 0. The van der Waals surface area contributed by atoms with Crippen molar-refractivity contribution in [2.75, 3.05) is 13.6 Å². The van der Waals surface area contributed by atoms with E-state index in [0.29, 0.717) is 6.42 Å². The number of aromatic amines is 1. The summed E-state index contributed by atoms with van der Waals surface area (Å²) in [4.78, 5) is 5.70. The predicted molar refractivity (Wildman–Crippen MR) is 74.2 cm³/mol. The van der Waals surface area contributed by atoms with Gasteiger partial charge in [-0.05, 0) is 38.6 Å². The monoisotopic (exact) mass is 241 g/mol. The molecule has 0 radical (unpaired) electrons. The summed E-state index contributed by atoms with van der Waals surface area (Å²) in [6, 6.07) is 10.6. The molecule has 1 heterocycles. The Labute approximate surface area is 108 Å². The maximum atomic E-state index is 8.55. The first kappa shape index (κ1) is 12.7. The molecular weight excluding hydrogens is 222 g/mol. The quantitative estimate of drug-likeness (QED) is 0.817. The lowest BCUT2D eigenvalue weighted by molar-refractivity contribution is 0.324. The van der Waals surface area contributed by atoms with Crippen LogP contribution >= 0.6 is 0 Å². The predicted octanol–water partition coefficient (Wildman–Crippen LogP) is 3.21. The number of aromatic nitrogens is 1. The Kier molecular flexibility index (Phi) is 4.01. The molecule has 1 aromatic heterocycles. The smallest absolute Gasteiger partial charge is 0.0622 e. The van der Waals surface area contributed by atoms with Gasteiger partial charge in [-0.3, -0.25) is 0 Å². The molecule has 0 amide bonds. The maximum absolute atomic E-state index is 8.55. The van der Waals surface area contributed by atoms with Crippen molar-refractivity contribution in [3.63, 3.8) is 0 Å². The van der Waals surface area contributed by atoms with Crippen LogP contribution in [0.25, 0.3) is 10.9 Å². The molecule has 94 valence electrons. The van der Waals surface area contributed by atoms with Gasteiger partial charge in [0.05, 0.1) is 6.07 Å². The molecule has 0 bridgehead atoms. The third kappa shape index (κ3) is 2.72. The van der Waals surface area contributed by atoms with Crippen molar-refractivity contribution < 1.29 is 0 Å². The molecule has 0 aliphatic heterocycles. The number of aryl methyl sites for hydroxylation is 1. The molecule has 3 nitrogen and oxygen atoms in total. The number of benzene rings is 1. The number of nitrogens with zero attached hydrogens (tertiary/aromatic N) is 2. The van der Waals surface area contributed by atoms with Gasteiger partial charge in [0, 0.05) is 29.6 Å². The first-order valence-electron chi connectivity index (χ1n) is 6.34. The highest BCUT2D eigenvalue weighted by Crippen LogP contribution is 2.22. The molecule has 0 saturated carbocycles. The lowest BCUT2D eigenvalue weighted by atomic mass is 10.1. The SMILES string of the molecule is Cc1[nH]c2ccccc2c1CN(C)CCCC#N. The fourth-order valence-electron chi connectivity index (χ4n) is 2.32. The number of fused-ring (bicyclic) bond motifs is 1. The van der Waals surface area contributed by atoms with Gasteiger partial charge >= 0.3 is 0 Å². The molecule has 3 heteroatoms. The van der Waals surface area contributed by atoms with Crippen molar-refractivity contribution in [1.29, 1.82) is 5.26 Å². The van der Waals surface area contributed by atoms with E-state index in [1.54, 1.807) is 0 Å². The minimum atomic E-state index is 0.636. The van der Waals surface area contributed by atoms with Gasteiger partial charge in [0.15, 0.2) is 0 Å². The molecule has 0 unspecified atom stereocenters. The van der Waals surface area contributed by atoms with Crippen molar-refractivity contribution in [2.45, 2.75) is 26.3 Å². The number of rotatable bonds is 5. The Morgan fingerprint density at radius 2 is 2.11 bits per heavy atom. The highest BCUT2D eigenvalue weighted by atomic mass is 15.1. The van der Waals surface area contributed by atoms with E-state index in [1.165, 1.54) is 22.2 Å². The minimum Gasteiger partial charge on any atom is -0.358 e. The van der Waals surface area contributed by atoms with Gasteiger partial charge in [-0.1, -0.05) is 18.2 Å². The van der Waals surface area contributed by atoms with Gasteiger partial charge in [0.1, 0.15) is 0 Å². The number of hydrogen-bond donors (Lipinski definition) is 1. The highest BCUT2D eigenvalue weighted by Gasteiger charge is 2.09. The summed E-state index contributed by atoms with van der Waals surface area (Å²) in [6.45, 7) is 4.02. The normalized spacial score (nSPS) is 11.0. The van der Waals surface area contributed by atoms with Crippen LogP contribution in [-0.4, -0.2) is 23.5 Å². The Balaban J connectivity index is 2.11. The third-order valence-electron chi connectivity index (χ3n) is 3.28. The van der Waals surface area contributed by atoms with E-state index in [0.717, 1.165) is 19.5 Å². The van der Waals surface area contributed by atoms with Crippen LogP contribution in [0.5, 0.6) is 0 Å². The minimum absolute atomic E-state index is 0.636. The topological polar surface area (TPSA) is 42.8 Å². The highest BCUT2D eigenvalue weighted by molar-refractivity contribution is 5.84. The zero-order chi connectivity index (χ0) is 13.0. The van der Waals surface area contributed by atoms with Gasteiger partial charge in [0.25, 0.3) is 0 Å². The molecule has 1 aromatic carbocycles. The zero-order valence-electron chi connectivity index (χ0n) is 11.0. The Morgan fingerprint density at radius 3 is 2.89 bits per heavy atom. The summed E-state index contributed by atoms with van der Waals surface area (Å²) in [5, 5.41) is 9.86. The van der Waals surface area contributed by atoms with Gasteiger partial charge in [0.2, 0.25) is 0 Å². The first-order valence-corrected chi connectivity index (χ1v) is 6.34. The van der Waals surface area contributed by atoms with E-state index in [9.17, 15) is 0 Å². The molecule has 2 aromatic rings. The fourth-order valence-corrected chi connectivity index (χ4v) is 2.32. The maximum Gasteiger partial charge on any atom is 0.0622 e. The summed E-state index contributed by atoms with van der Waals surface area (Å²) in [5.41, 5.74) is 3.81. The Bertz CT molecular complexity index is 563. The van der Waals surface area contributed by atoms with E-state index < -0.39 is 0 Å². The summed E-state index contributed by atoms with van der Waals surface area (Å²) >= 11 is 0. The van der Waals surface area contributed by atoms with Crippen LogP contribution in [0, 0.1) is 18.3 Å². The number of unbranched alkanes of at least 4 members (excludes halogenated alkanes) is 1. The average Bonchev–Trinajstić information content (AvgIpc) is 2.67. The van der Waals surface area contributed by atoms with Crippen LogP contribution in [0.4, 0.5) is 0 Å². The number of nitriles is 1. The molecule has 0 aliphatic rings. The van der Waals surface area contributed by atoms with Gasteiger partial charge in [-0.15, -0.1) is 0 Å². The average molecular weight is 241 g/mol. The lowest BCUT2D eigenvalue weighted by Crippen LogP contribution is -2.19. The van der Waals surface area contributed by atoms with E-state index in [-0.39, 0.29) is 0 Å². The van der Waals surface area contributed by atoms with Gasteiger partial charge < -0.3 is 9.88 Å². The molecule has 0 saturated heterocycles. The molecule has 0 spiro atoms. The van der Waals surface area contributed by atoms with Gasteiger partial charge in [-0.25, -0.2) is 0 Å². The van der Waals surface area contributed by atoms with Crippen LogP contribution < -0.4 is 0 Å². The van der Waals surface area contributed by atoms with Crippen molar-refractivity contribution >= 4 is 10.9 Å². The van der Waals surface area contributed by atoms with E-state index in [2.05, 4.69) is 54.2 Å². The van der Waals surface area contributed by atoms with Crippen LogP contribution in [0.2, 0.25) is 0 Å². The van der Waals surface area contributed by atoms with Crippen molar-refractivity contribution in [3.8, 4) is 6.07 Å². The van der Waals surface area contributed by atoms with E-state index in [4.69, 9.17) is 5.26 Å². The van der Waals surface area contributed by atoms with E-state index >= 15 is 0 Å². The second-order valence-corrected chi connectivity index (χ2v) is 4.77. The fraction of sp³-hybridized carbons (Fsp3) is 0.400. The lowest BCUT2D eigenvalue weighted by Gasteiger charge is -2.16. The largest absolute Gasteiger partial charge is 0.358 e. The third-order valence-corrected chi connectivity index (χ3v) is 3.28. The van der Waals surface area contributed by atoms with Gasteiger partial charge in [-0.2, -0.15) is 5.26 Å². The van der Waals surface area contributed by atoms with Crippen molar-refractivity contribution in [1.82, 2.24) is 9.88 Å². The second kappa shape index (κ2) is 5.70. The van der Waals surface area contributed by atoms with Crippen LogP contribution in [0.15, 0.2) is 24.3 Å².